The Balaban J connectivity index is 2.76. The summed E-state index contributed by atoms with van der Waals surface area (Å²) < 4.78 is 0. The maximum atomic E-state index is 11.7. The number of nitrogens with two attached hydrogens (primary N) is 1. The molecule has 0 aromatic heterocycles. The lowest BCUT2D eigenvalue weighted by Gasteiger charge is -2.11. The molecule has 4 N–H and O–H groups in total. The third kappa shape index (κ3) is 3.71. The minimum absolute atomic E-state index is 0.207. The van der Waals surface area contributed by atoms with E-state index in [4.69, 9.17) is 5.73 Å². The van der Waals surface area contributed by atoms with Gasteiger partial charge >= 0.3 is 0 Å². The van der Waals surface area contributed by atoms with Gasteiger partial charge in [-0.05, 0) is 24.6 Å². The molecule has 0 aliphatic heterocycles. The minimum Gasteiger partial charge on any atom is -0.355 e. The van der Waals surface area contributed by atoms with Crippen LogP contribution in [0.3, 0.4) is 0 Å². The van der Waals surface area contributed by atoms with E-state index in [0.29, 0.717) is 17.7 Å². The van der Waals surface area contributed by atoms with Crippen molar-refractivity contribution in [2.24, 2.45) is 5.73 Å². The SMILES string of the molecule is C=CCC(N)C(=O)Nc1cccc(C(=O)NC)c1. The Morgan fingerprint density at radius 2 is 2.22 bits per heavy atom. The largest absolute Gasteiger partial charge is 0.355 e. The normalized spacial score (nSPS) is 11.4. The smallest absolute Gasteiger partial charge is 0.251 e. The van der Waals surface area contributed by atoms with E-state index in [1.807, 2.05) is 0 Å². The maximum Gasteiger partial charge on any atom is 0.251 e. The number of rotatable bonds is 5. The molecule has 0 fully saturated rings. The van der Waals surface area contributed by atoms with Crippen molar-refractivity contribution in [2.45, 2.75) is 12.5 Å². The van der Waals surface area contributed by atoms with Crippen LogP contribution in [-0.4, -0.2) is 24.9 Å². The first-order valence-electron chi connectivity index (χ1n) is 5.58. The molecular weight excluding hydrogens is 230 g/mol. The number of carbonyl (C=O) groups is 2. The van der Waals surface area contributed by atoms with Gasteiger partial charge in [-0.2, -0.15) is 0 Å². The summed E-state index contributed by atoms with van der Waals surface area (Å²) in [6, 6.07) is 6.02. The summed E-state index contributed by atoms with van der Waals surface area (Å²) in [7, 11) is 1.55. The highest BCUT2D eigenvalue weighted by atomic mass is 16.2. The summed E-state index contributed by atoms with van der Waals surface area (Å²) in [4.78, 5) is 23.1. The first-order valence-corrected chi connectivity index (χ1v) is 5.58. The number of benzene rings is 1. The van der Waals surface area contributed by atoms with E-state index < -0.39 is 6.04 Å². The molecule has 0 radical (unpaired) electrons. The van der Waals surface area contributed by atoms with E-state index in [1.165, 1.54) is 0 Å². The van der Waals surface area contributed by atoms with Crippen LogP contribution in [0.1, 0.15) is 16.8 Å². The predicted octanol–water partition coefficient (Wildman–Crippen LogP) is 0.888. The highest BCUT2D eigenvalue weighted by Gasteiger charge is 2.12. The Morgan fingerprint density at radius 3 is 2.83 bits per heavy atom. The highest BCUT2D eigenvalue weighted by Crippen LogP contribution is 2.11. The van der Waals surface area contributed by atoms with Crippen molar-refractivity contribution in [1.82, 2.24) is 5.32 Å². The molecule has 0 spiro atoms. The van der Waals surface area contributed by atoms with Crippen molar-refractivity contribution < 1.29 is 9.59 Å². The van der Waals surface area contributed by atoms with Gasteiger partial charge in [-0.1, -0.05) is 12.1 Å². The maximum absolute atomic E-state index is 11.7. The van der Waals surface area contributed by atoms with Gasteiger partial charge in [0.25, 0.3) is 5.91 Å². The molecule has 0 saturated heterocycles. The average Bonchev–Trinajstić information content (AvgIpc) is 2.38. The van der Waals surface area contributed by atoms with Crippen LogP contribution in [0, 0.1) is 0 Å². The van der Waals surface area contributed by atoms with Crippen molar-refractivity contribution in [3.05, 3.63) is 42.5 Å². The Bertz CT molecular complexity index is 457. The van der Waals surface area contributed by atoms with Crippen molar-refractivity contribution in [3.8, 4) is 0 Å². The summed E-state index contributed by atoms with van der Waals surface area (Å²) in [5.41, 5.74) is 6.66. The third-order valence-corrected chi connectivity index (χ3v) is 2.38. The topological polar surface area (TPSA) is 84.2 Å². The van der Waals surface area contributed by atoms with Crippen LogP contribution in [0.2, 0.25) is 0 Å². The van der Waals surface area contributed by atoms with Crippen LogP contribution >= 0.6 is 0 Å². The zero-order valence-electron chi connectivity index (χ0n) is 10.3. The molecule has 5 nitrogen and oxygen atoms in total. The molecule has 2 amide bonds. The number of hydrogen-bond donors (Lipinski definition) is 3. The zero-order chi connectivity index (χ0) is 13.5. The molecule has 0 aliphatic carbocycles. The first kappa shape index (κ1) is 13.9. The molecular formula is C13H17N3O2. The molecule has 0 saturated carbocycles. The molecule has 1 aromatic carbocycles. The minimum atomic E-state index is -0.633. The average molecular weight is 247 g/mol. The van der Waals surface area contributed by atoms with E-state index in [0.717, 1.165) is 0 Å². The number of amides is 2. The van der Waals surface area contributed by atoms with Gasteiger partial charge in [-0.15, -0.1) is 6.58 Å². The molecule has 1 aromatic rings. The van der Waals surface area contributed by atoms with Crippen molar-refractivity contribution in [3.63, 3.8) is 0 Å². The second-order valence-electron chi connectivity index (χ2n) is 3.78. The van der Waals surface area contributed by atoms with E-state index in [1.54, 1.807) is 37.4 Å². The summed E-state index contributed by atoms with van der Waals surface area (Å²) >= 11 is 0. The zero-order valence-corrected chi connectivity index (χ0v) is 10.3. The van der Waals surface area contributed by atoms with Crippen molar-refractivity contribution in [2.75, 3.05) is 12.4 Å². The Labute approximate surface area is 106 Å². The van der Waals surface area contributed by atoms with Crippen LogP contribution in [-0.2, 0) is 4.79 Å². The number of carbonyl (C=O) groups excluding carboxylic acids is 2. The molecule has 0 heterocycles. The molecule has 0 bridgehead atoms. The lowest BCUT2D eigenvalue weighted by Crippen LogP contribution is -2.35. The highest BCUT2D eigenvalue weighted by molar-refractivity contribution is 5.98. The van der Waals surface area contributed by atoms with Gasteiger partial charge in [0.1, 0.15) is 0 Å². The second kappa shape index (κ2) is 6.56. The molecule has 0 aliphatic rings. The molecule has 5 heteroatoms. The fraction of sp³-hybridized carbons (Fsp3) is 0.231. The first-order chi connectivity index (χ1) is 8.58. The van der Waals surface area contributed by atoms with Crippen molar-refractivity contribution in [1.29, 1.82) is 0 Å². The predicted molar refractivity (Wildman–Crippen MR) is 71.3 cm³/mol. The number of anilines is 1. The monoisotopic (exact) mass is 247 g/mol. The van der Waals surface area contributed by atoms with Crippen LogP contribution in [0.15, 0.2) is 36.9 Å². The third-order valence-electron chi connectivity index (χ3n) is 2.38. The fourth-order valence-electron chi connectivity index (χ4n) is 1.40. The van der Waals surface area contributed by atoms with Crippen LogP contribution in [0.25, 0.3) is 0 Å². The summed E-state index contributed by atoms with van der Waals surface area (Å²) in [5, 5.41) is 5.17. The van der Waals surface area contributed by atoms with Gasteiger partial charge in [0.15, 0.2) is 0 Å². The number of hydrogen-bond acceptors (Lipinski definition) is 3. The van der Waals surface area contributed by atoms with E-state index in [2.05, 4.69) is 17.2 Å². The van der Waals surface area contributed by atoms with E-state index in [-0.39, 0.29) is 11.8 Å². The van der Waals surface area contributed by atoms with Crippen molar-refractivity contribution >= 4 is 17.5 Å². The lowest BCUT2D eigenvalue weighted by atomic mass is 10.1. The lowest BCUT2D eigenvalue weighted by molar-refractivity contribution is -0.117. The van der Waals surface area contributed by atoms with Crippen LogP contribution in [0.4, 0.5) is 5.69 Å². The quantitative estimate of drug-likeness (QED) is 0.675. The van der Waals surface area contributed by atoms with Gasteiger partial charge in [0.05, 0.1) is 6.04 Å². The van der Waals surface area contributed by atoms with Gasteiger partial charge in [-0.25, -0.2) is 0 Å². The van der Waals surface area contributed by atoms with Gasteiger partial charge in [-0.3, -0.25) is 9.59 Å². The van der Waals surface area contributed by atoms with Gasteiger partial charge in [0.2, 0.25) is 5.91 Å². The summed E-state index contributed by atoms with van der Waals surface area (Å²) in [6.45, 7) is 3.53. The van der Waals surface area contributed by atoms with E-state index in [9.17, 15) is 9.59 Å². The summed E-state index contributed by atoms with van der Waals surface area (Å²) in [6.07, 6.45) is 1.99. The molecule has 1 rings (SSSR count). The molecule has 18 heavy (non-hydrogen) atoms. The molecule has 1 unspecified atom stereocenters. The Kier molecular flexibility index (Phi) is 5.07. The second-order valence-corrected chi connectivity index (χ2v) is 3.78. The van der Waals surface area contributed by atoms with Gasteiger partial charge in [0, 0.05) is 18.3 Å². The summed E-state index contributed by atoms with van der Waals surface area (Å²) in [5.74, 6) is -0.509. The Hall–Kier alpha value is -2.14. The molecule has 96 valence electrons. The van der Waals surface area contributed by atoms with E-state index >= 15 is 0 Å². The van der Waals surface area contributed by atoms with Gasteiger partial charge < -0.3 is 16.4 Å². The van der Waals surface area contributed by atoms with Crippen LogP contribution < -0.4 is 16.4 Å². The molecule has 1 atom stereocenters. The number of nitrogens with one attached hydrogen (secondary N) is 2. The standard InChI is InChI=1S/C13H17N3O2/c1-3-5-11(14)13(18)16-10-7-4-6-9(8-10)12(17)15-2/h3-4,6-8,11H,1,5,14H2,2H3,(H,15,17)(H,16,18). The fourth-order valence-corrected chi connectivity index (χ4v) is 1.40. The Morgan fingerprint density at radius 1 is 1.50 bits per heavy atom. The van der Waals surface area contributed by atoms with Crippen LogP contribution in [0.5, 0.6) is 0 Å².